The highest BCUT2D eigenvalue weighted by atomic mass is 32.1. The number of thiocarbonyl (C=S) groups is 1. The van der Waals surface area contributed by atoms with Gasteiger partial charge in [0.15, 0.2) is 5.11 Å². The highest BCUT2D eigenvalue weighted by Gasteiger charge is 2.32. The lowest BCUT2D eigenvalue weighted by atomic mass is 9.95. The molecule has 0 saturated heterocycles. The molecule has 0 bridgehead atoms. The zero-order chi connectivity index (χ0) is 16.4. The summed E-state index contributed by atoms with van der Waals surface area (Å²) in [6.07, 6.45) is 2.12. The first kappa shape index (κ1) is 15.8. The molecular weight excluding hydrogens is 310 g/mol. The van der Waals surface area contributed by atoms with Crippen molar-refractivity contribution in [2.45, 2.75) is 38.8 Å². The average molecular weight is 331 g/mol. The quantitative estimate of drug-likeness (QED) is 0.722. The maximum atomic E-state index is 12.6. The highest BCUT2D eigenvalue weighted by Crippen LogP contribution is 2.29. The second-order valence-corrected chi connectivity index (χ2v) is 6.23. The minimum absolute atomic E-state index is 0.0358. The van der Waals surface area contributed by atoms with Crippen LogP contribution in [0.15, 0.2) is 35.5 Å². The summed E-state index contributed by atoms with van der Waals surface area (Å²) in [5.74, 6) is 0.781. The molecule has 1 amide bonds. The monoisotopic (exact) mass is 331 g/mol. The normalized spacial score (nSPS) is 20.6. The Morgan fingerprint density at radius 1 is 1.35 bits per heavy atom. The standard InChI is InChI=1S/C17H21N3O2S/c1-3-22-13-8-4-11(5-9-13)15-14(10(2)18-17(23)20-15)16(21)19-12-6-7-12/h4-5,8-9,12,15H,3,6-7H2,1-2H3,(H,19,21)(H2,18,20,23)/t15-/m0/s1. The molecule has 0 spiro atoms. The SMILES string of the molecule is CCOc1ccc([C@@H]2NC(=S)NC(C)=C2C(=O)NC2CC2)cc1. The summed E-state index contributed by atoms with van der Waals surface area (Å²) in [7, 11) is 0. The average Bonchev–Trinajstić information content (AvgIpc) is 3.31. The zero-order valence-corrected chi connectivity index (χ0v) is 14.1. The molecule has 0 unspecified atom stereocenters. The van der Waals surface area contributed by atoms with Crippen molar-refractivity contribution in [1.29, 1.82) is 0 Å². The molecule has 1 saturated carbocycles. The number of nitrogens with one attached hydrogen (secondary N) is 3. The van der Waals surface area contributed by atoms with E-state index in [9.17, 15) is 4.79 Å². The first-order valence-electron chi connectivity index (χ1n) is 7.90. The molecule has 2 aliphatic rings. The molecule has 0 aromatic heterocycles. The van der Waals surface area contributed by atoms with Crippen LogP contribution >= 0.6 is 12.2 Å². The van der Waals surface area contributed by atoms with Crippen LogP contribution in [0.25, 0.3) is 0 Å². The summed E-state index contributed by atoms with van der Waals surface area (Å²) in [5, 5.41) is 9.84. The number of hydrogen-bond donors (Lipinski definition) is 3. The number of carbonyl (C=O) groups is 1. The van der Waals surface area contributed by atoms with Crippen LogP contribution < -0.4 is 20.7 Å². The molecule has 1 aliphatic heterocycles. The molecule has 1 aliphatic carbocycles. The number of ether oxygens (including phenoxy) is 1. The lowest BCUT2D eigenvalue weighted by Gasteiger charge is -2.30. The fourth-order valence-corrected chi connectivity index (χ4v) is 2.93. The summed E-state index contributed by atoms with van der Waals surface area (Å²) in [4.78, 5) is 12.6. The second kappa shape index (κ2) is 6.58. The van der Waals surface area contributed by atoms with Crippen LogP contribution in [-0.4, -0.2) is 23.7 Å². The lowest BCUT2D eigenvalue weighted by Crippen LogP contribution is -2.47. The lowest BCUT2D eigenvalue weighted by molar-refractivity contribution is -0.118. The Kier molecular flexibility index (Phi) is 4.52. The van der Waals surface area contributed by atoms with Crippen LogP contribution in [-0.2, 0) is 4.79 Å². The first-order valence-corrected chi connectivity index (χ1v) is 8.31. The maximum absolute atomic E-state index is 12.6. The van der Waals surface area contributed by atoms with E-state index in [-0.39, 0.29) is 11.9 Å². The number of benzene rings is 1. The van der Waals surface area contributed by atoms with Gasteiger partial charge in [-0.1, -0.05) is 12.1 Å². The molecule has 3 N–H and O–H groups in total. The summed E-state index contributed by atoms with van der Waals surface area (Å²) in [5.41, 5.74) is 2.47. The van der Waals surface area contributed by atoms with Gasteiger partial charge >= 0.3 is 0 Å². The minimum Gasteiger partial charge on any atom is -0.494 e. The largest absolute Gasteiger partial charge is 0.494 e. The Morgan fingerprint density at radius 3 is 2.65 bits per heavy atom. The molecule has 23 heavy (non-hydrogen) atoms. The zero-order valence-electron chi connectivity index (χ0n) is 13.3. The molecule has 3 rings (SSSR count). The molecule has 1 atom stereocenters. The van der Waals surface area contributed by atoms with Crippen molar-refractivity contribution >= 4 is 23.2 Å². The van der Waals surface area contributed by atoms with E-state index >= 15 is 0 Å². The third-order valence-electron chi connectivity index (χ3n) is 3.95. The van der Waals surface area contributed by atoms with Gasteiger partial charge in [-0.3, -0.25) is 4.79 Å². The molecule has 6 heteroatoms. The number of amides is 1. The van der Waals surface area contributed by atoms with Crippen LogP contribution in [0.5, 0.6) is 5.75 Å². The van der Waals surface area contributed by atoms with E-state index in [0.29, 0.717) is 23.3 Å². The Balaban J connectivity index is 1.88. The van der Waals surface area contributed by atoms with Crippen molar-refractivity contribution in [1.82, 2.24) is 16.0 Å². The molecule has 122 valence electrons. The number of hydrogen-bond acceptors (Lipinski definition) is 3. The van der Waals surface area contributed by atoms with Crippen molar-refractivity contribution in [2.24, 2.45) is 0 Å². The minimum atomic E-state index is -0.252. The van der Waals surface area contributed by atoms with Gasteiger partial charge in [0.2, 0.25) is 0 Å². The van der Waals surface area contributed by atoms with Crippen LogP contribution in [0.2, 0.25) is 0 Å². The predicted molar refractivity (Wildman–Crippen MR) is 93.1 cm³/mol. The molecule has 5 nitrogen and oxygen atoms in total. The van der Waals surface area contributed by atoms with E-state index in [1.54, 1.807) is 0 Å². The fourth-order valence-electron chi connectivity index (χ4n) is 2.66. The Morgan fingerprint density at radius 2 is 2.04 bits per heavy atom. The predicted octanol–water partition coefficient (Wildman–Crippen LogP) is 2.16. The summed E-state index contributed by atoms with van der Waals surface area (Å²) in [6.45, 7) is 4.47. The van der Waals surface area contributed by atoms with Gasteiger partial charge in [0.25, 0.3) is 5.91 Å². The molecule has 1 aromatic carbocycles. The van der Waals surface area contributed by atoms with Gasteiger partial charge in [-0.05, 0) is 56.6 Å². The van der Waals surface area contributed by atoms with Gasteiger partial charge in [-0.2, -0.15) is 0 Å². The second-order valence-electron chi connectivity index (χ2n) is 5.82. The van der Waals surface area contributed by atoms with Crippen LogP contribution in [0.3, 0.4) is 0 Å². The fraction of sp³-hybridized carbons (Fsp3) is 0.412. The van der Waals surface area contributed by atoms with E-state index < -0.39 is 0 Å². The molecular formula is C17H21N3O2S. The number of carbonyl (C=O) groups excluding carboxylic acids is 1. The van der Waals surface area contributed by atoms with Gasteiger partial charge in [-0.25, -0.2) is 0 Å². The summed E-state index contributed by atoms with van der Waals surface area (Å²) < 4.78 is 5.48. The third-order valence-corrected chi connectivity index (χ3v) is 4.17. The van der Waals surface area contributed by atoms with E-state index in [2.05, 4.69) is 16.0 Å². The van der Waals surface area contributed by atoms with Crippen LogP contribution in [0, 0.1) is 0 Å². The van der Waals surface area contributed by atoms with Crippen molar-refractivity contribution in [3.05, 3.63) is 41.1 Å². The Bertz CT molecular complexity index is 650. The van der Waals surface area contributed by atoms with E-state index in [0.717, 1.165) is 29.9 Å². The van der Waals surface area contributed by atoms with Crippen LogP contribution in [0.1, 0.15) is 38.3 Å². The molecule has 1 fully saturated rings. The van der Waals surface area contributed by atoms with Crippen molar-refractivity contribution < 1.29 is 9.53 Å². The molecule has 0 radical (unpaired) electrons. The number of allylic oxidation sites excluding steroid dienone is 1. The van der Waals surface area contributed by atoms with Gasteiger partial charge in [0.05, 0.1) is 18.2 Å². The van der Waals surface area contributed by atoms with E-state index in [1.807, 2.05) is 38.1 Å². The van der Waals surface area contributed by atoms with Gasteiger partial charge < -0.3 is 20.7 Å². The van der Waals surface area contributed by atoms with Gasteiger partial charge in [0, 0.05) is 11.7 Å². The Hall–Kier alpha value is -2.08. The Labute approximate surface area is 141 Å². The summed E-state index contributed by atoms with van der Waals surface area (Å²) >= 11 is 5.25. The van der Waals surface area contributed by atoms with Crippen molar-refractivity contribution in [3.8, 4) is 5.75 Å². The van der Waals surface area contributed by atoms with Crippen molar-refractivity contribution in [2.75, 3.05) is 6.61 Å². The molecule has 1 heterocycles. The topological polar surface area (TPSA) is 62.4 Å². The molecule has 1 aromatic rings. The smallest absolute Gasteiger partial charge is 0.251 e. The third kappa shape index (κ3) is 3.64. The van der Waals surface area contributed by atoms with E-state index in [4.69, 9.17) is 17.0 Å². The number of rotatable bonds is 5. The summed E-state index contributed by atoms with van der Waals surface area (Å²) in [6, 6.07) is 7.83. The maximum Gasteiger partial charge on any atom is 0.251 e. The highest BCUT2D eigenvalue weighted by molar-refractivity contribution is 7.80. The van der Waals surface area contributed by atoms with E-state index in [1.165, 1.54) is 0 Å². The van der Waals surface area contributed by atoms with Gasteiger partial charge in [0.1, 0.15) is 5.75 Å². The van der Waals surface area contributed by atoms with Gasteiger partial charge in [-0.15, -0.1) is 0 Å². The first-order chi connectivity index (χ1) is 11.1. The van der Waals surface area contributed by atoms with Crippen molar-refractivity contribution in [3.63, 3.8) is 0 Å². The van der Waals surface area contributed by atoms with Crippen LogP contribution in [0.4, 0.5) is 0 Å².